The average Bonchev–Trinajstić information content (AvgIpc) is 2.15. The molecule has 0 aromatic carbocycles. The molecule has 70 valence electrons. The van der Waals surface area contributed by atoms with E-state index in [0.29, 0.717) is 5.56 Å². The van der Waals surface area contributed by atoms with Gasteiger partial charge in [0.25, 0.3) is 5.91 Å². The Morgan fingerprint density at radius 1 is 1.69 bits per heavy atom. The van der Waals surface area contributed by atoms with Gasteiger partial charge < -0.3 is 5.32 Å². The molecule has 0 bridgehead atoms. The van der Waals surface area contributed by atoms with Crippen LogP contribution in [0.25, 0.3) is 0 Å². The number of halogens is 2. The first-order chi connectivity index (χ1) is 6.25. The van der Waals surface area contributed by atoms with Gasteiger partial charge in [-0.3, -0.25) is 9.78 Å². The minimum Gasteiger partial charge on any atom is -0.349 e. The lowest BCUT2D eigenvalue weighted by molar-refractivity contribution is 0.0951. The van der Waals surface area contributed by atoms with Crippen molar-refractivity contribution in [2.45, 2.75) is 0 Å². The quantitative estimate of drug-likeness (QED) is 0.806. The van der Waals surface area contributed by atoms with Gasteiger partial charge in [-0.1, -0.05) is 11.6 Å². The SMILES string of the molecule is O=C(NCCF)c1ccncc1Cl. The van der Waals surface area contributed by atoms with Gasteiger partial charge >= 0.3 is 0 Å². The predicted octanol–water partition coefficient (Wildman–Crippen LogP) is 1.43. The maximum atomic E-state index is 11.7. The molecule has 1 heterocycles. The molecule has 1 rings (SSSR count). The highest BCUT2D eigenvalue weighted by Crippen LogP contribution is 2.12. The number of hydrogen-bond acceptors (Lipinski definition) is 2. The van der Waals surface area contributed by atoms with Crippen LogP contribution < -0.4 is 5.32 Å². The smallest absolute Gasteiger partial charge is 0.252 e. The molecule has 0 spiro atoms. The molecule has 3 nitrogen and oxygen atoms in total. The lowest BCUT2D eigenvalue weighted by Crippen LogP contribution is -2.25. The third kappa shape index (κ3) is 2.66. The van der Waals surface area contributed by atoms with Crippen LogP contribution in [0.2, 0.25) is 5.02 Å². The maximum absolute atomic E-state index is 11.7. The second-order valence-corrected chi connectivity index (χ2v) is 2.71. The van der Waals surface area contributed by atoms with Crippen LogP contribution in [0, 0.1) is 0 Å². The van der Waals surface area contributed by atoms with Crippen molar-refractivity contribution in [1.82, 2.24) is 10.3 Å². The Labute approximate surface area is 79.9 Å². The summed E-state index contributed by atoms with van der Waals surface area (Å²) >= 11 is 5.68. The number of nitrogens with one attached hydrogen (secondary N) is 1. The van der Waals surface area contributed by atoms with Crippen molar-refractivity contribution in [3.05, 3.63) is 29.0 Å². The molecule has 1 N–H and O–H groups in total. The fourth-order valence-corrected chi connectivity index (χ4v) is 1.02. The van der Waals surface area contributed by atoms with Crippen LogP contribution in [-0.4, -0.2) is 24.1 Å². The van der Waals surface area contributed by atoms with E-state index in [0.717, 1.165) is 0 Å². The Hall–Kier alpha value is -1.16. The van der Waals surface area contributed by atoms with Crippen LogP contribution in [0.1, 0.15) is 10.4 Å². The number of alkyl halides is 1. The molecular weight excluding hydrogens is 195 g/mol. The first kappa shape index (κ1) is 9.92. The second-order valence-electron chi connectivity index (χ2n) is 2.30. The van der Waals surface area contributed by atoms with Gasteiger partial charge in [0.1, 0.15) is 6.67 Å². The number of carbonyl (C=O) groups excluding carboxylic acids is 1. The minimum absolute atomic E-state index is 0.00249. The summed E-state index contributed by atoms with van der Waals surface area (Å²) in [5, 5.41) is 2.63. The Bertz CT molecular complexity index is 306. The molecular formula is C8H8ClFN2O. The molecule has 1 aromatic heterocycles. The molecule has 0 saturated heterocycles. The van der Waals surface area contributed by atoms with Gasteiger partial charge in [-0.25, -0.2) is 4.39 Å². The standard InChI is InChI=1S/C8H8ClFN2O/c9-7-5-11-3-1-6(7)8(13)12-4-2-10/h1,3,5H,2,4H2,(H,12,13). The van der Waals surface area contributed by atoms with Crippen LogP contribution in [0.5, 0.6) is 0 Å². The van der Waals surface area contributed by atoms with E-state index in [2.05, 4.69) is 10.3 Å². The molecule has 0 aliphatic carbocycles. The monoisotopic (exact) mass is 202 g/mol. The second kappa shape index (κ2) is 4.77. The number of carbonyl (C=O) groups is 1. The van der Waals surface area contributed by atoms with E-state index in [9.17, 15) is 9.18 Å². The van der Waals surface area contributed by atoms with Crippen molar-refractivity contribution in [3.63, 3.8) is 0 Å². The number of amides is 1. The molecule has 0 unspecified atom stereocenters. The highest BCUT2D eigenvalue weighted by atomic mass is 35.5. The number of aromatic nitrogens is 1. The van der Waals surface area contributed by atoms with E-state index >= 15 is 0 Å². The summed E-state index contributed by atoms with van der Waals surface area (Å²) in [6.45, 7) is -0.591. The number of rotatable bonds is 3. The zero-order valence-electron chi connectivity index (χ0n) is 6.76. The number of hydrogen-bond donors (Lipinski definition) is 1. The number of pyridine rings is 1. The van der Waals surface area contributed by atoms with Crippen molar-refractivity contribution < 1.29 is 9.18 Å². The summed E-state index contributed by atoms with van der Waals surface area (Å²) in [4.78, 5) is 15.0. The largest absolute Gasteiger partial charge is 0.349 e. The average molecular weight is 203 g/mol. The molecule has 1 aromatic rings. The molecule has 13 heavy (non-hydrogen) atoms. The molecule has 0 aliphatic heterocycles. The van der Waals surface area contributed by atoms with E-state index in [4.69, 9.17) is 11.6 Å². The van der Waals surface area contributed by atoms with Crippen molar-refractivity contribution in [2.24, 2.45) is 0 Å². The lowest BCUT2D eigenvalue weighted by Gasteiger charge is -2.03. The zero-order valence-corrected chi connectivity index (χ0v) is 7.51. The van der Waals surface area contributed by atoms with Gasteiger partial charge in [0.05, 0.1) is 10.6 Å². The Morgan fingerprint density at radius 3 is 3.08 bits per heavy atom. The molecule has 0 fully saturated rings. The van der Waals surface area contributed by atoms with E-state index < -0.39 is 6.67 Å². The summed E-state index contributed by atoms with van der Waals surface area (Å²) in [5.74, 6) is -0.384. The van der Waals surface area contributed by atoms with E-state index in [1.165, 1.54) is 18.5 Å². The highest BCUT2D eigenvalue weighted by Gasteiger charge is 2.08. The van der Waals surface area contributed by atoms with Gasteiger partial charge in [0.15, 0.2) is 0 Å². The summed E-state index contributed by atoms with van der Waals surface area (Å²) in [6, 6.07) is 1.48. The Morgan fingerprint density at radius 2 is 2.46 bits per heavy atom. The third-order valence-corrected chi connectivity index (χ3v) is 1.70. The van der Waals surface area contributed by atoms with E-state index in [1.54, 1.807) is 0 Å². The minimum atomic E-state index is -0.589. The summed E-state index contributed by atoms with van der Waals surface area (Å²) in [7, 11) is 0. The topological polar surface area (TPSA) is 42.0 Å². The molecule has 0 radical (unpaired) electrons. The van der Waals surface area contributed by atoms with Crippen LogP contribution in [0.15, 0.2) is 18.5 Å². The molecule has 0 aliphatic rings. The van der Waals surface area contributed by atoms with Crippen LogP contribution in [0.3, 0.4) is 0 Å². The molecule has 0 saturated carbocycles. The van der Waals surface area contributed by atoms with Crippen LogP contribution in [-0.2, 0) is 0 Å². The van der Waals surface area contributed by atoms with Crippen molar-refractivity contribution in [2.75, 3.05) is 13.2 Å². The summed E-state index contributed by atoms with van der Waals surface area (Å²) in [5.41, 5.74) is 0.310. The predicted molar refractivity (Wildman–Crippen MR) is 47.6 cm³/mol. The fraction of sp³-hybridized carbons (Fsp3) is 0.250. The Kier molecular flexibility index (Phi) is 3.64. The molecule has 5 heteroatoms. The van der Waals surface area contributed by atoms with Gasteiger partial charge in [0.2, 0.25) is 0 Å². The fourth-order valence-electron chi connectivity index (χ4n) is 0.815. The van der Waals surface area contributed by atoms with Gasteiger partial charge in [0, 0.05) is 18.9 Å². The maximum Gasteiger partial charge on any atom is 0.252 e. The van der Waals surface area contributed by atoms with E-state index in [1.807, 2.05) is 0 Å². The Balaban J connectivity index is 2.71. The number of nitrogens with zero attached hydrogens (tertiary/aromatic N) is 1. The first-order valence-corrected chi connectivity index (χ1v) is 4.07. The summed E-state index contributed by atoms with van der Waals surface area (Å²) < 4.78 is 11.7. The highest BCUT2D eigenvalue weighted by molar-refractivity contribution is 6.33. The zero-order chi connectivity index (χ0) is 9.68. The third-order valence-electron chi connectivity index (χ3n) is 1.40. The van der Waals surface area contributed by atoms with Gasteiger partial charge in [-0.2, -0.15) is 0 Å². The van der Waals surface area contributed by atoms with Crippen molar-refractivity contribution >= 4 is 17.5 Å². The van der Waals surface area contributed by atoms with Crippen LogP contribution in [0.4, 0.5) is 4.39 Å². The first-order valence-electron chi connectivity index (χ1n) is 3.69. The van der Waals surface area contributed by atoms with Gasteiger partial charge in [-0.15, -0.1) is 0 Å². The molecule has 0 atom stereocenters. The van der Waals surface area contributed by atoms with Crippen molar-refractivity contribution in [1.29, 1.82) is 0 Å². The normalized spacial score (nSPS) is 9.69. The molecule has 1 amide bonds. The van der Waals surface area contributed by atoms with Crippen LogP contribution >= 0.6 is 11.6 Å². The van der Waals surface area contributed by atoms with Gasteiger partial charge in [-0.05, 0) is 6.07 Å². The van der Waals surface area contributed by atoms with E-state index in [-0.39, 0.29) is 17.5 Å². The summed E-state index contributed by atoms with van der Waals surface area (Å²) in [6.07, 6.45) is 2.82. The lowest BCUT2D eigenvalue weighted by atomic mass is 10.2. The van der Waals surface area contributed by atoms with Crippen molar-refractivity contribution in [3.8, 4) is 0 Å².